The molecule has 0 aliphatic rings. The molecule has 126 valence electrons. The molecule has 0 saturated carbocycles. The lowest BCUT2D eigenvalue weighted by atomic mass is 9.74. The van der Waals surface area contributed by atoms with E-state index < -0.39 is 53.8 Å². The standard InChI is InChI=1S/C10H15NO11/c1-8(19,20)10(7(17)18,22-5(14)3-11)9(21,6(15)16)2-4(12)13/h19-21H,2-3,11H2,1H3,(H,12,13)(H,15,16)(H,17,18). The van der Waals surface area contributed by atoms with Gasteiger partial charge in [-0.3, -0.25) is 9.59 Å². The largest absolute Gasteiger partial charge is 0.481 e. The second-order valence-electron chi connectivity index (χ2n) is 4.42. The van der Waals surface area contributed by atoms with Crippen LogP contribution in [0.2, 0.25) is 0 Å². The molecule has 0 saturated heterocycles. The Kier molecular flexibility index (Phi) is 5.58. The van der Waals surface area contributed by atoms with E-state index >= 15 is 0 Å². The number of hydrogen-bond donors (Lipinski definition) is 7. The summed E-state index contributed by atoms with van der Waals surface area (Å²) < 4.78 is 4.18. The highest BCUT2D eigenvalue weighted by atomic mass is 16.6. The van der Waals surface area contributed by atoms with Gasteiger partial charge < -0.3 is 41.1 Å². The summed E-state index contributed by atoms with van der Waals surface area (Å²) in [6, 6.07) is 0. The van der Waals surface area contributed by atoms with Gasteiger partial charge in [0.05, 0.1) is 13.0 Å². The van der Waals surface area contributed by atoms with Crippen LogP contribution in [0.25, 0.3) is 0 Å². The number of carboxylic acid groups (broad SMARTS) is 3. The summed E-state index contributed by atoms with van der Waals surface area (Å²) in [7, 11) is 0. The molecular formula is C10H15NO11. The maximum absolute atomic E-state index is 11.4. The van der Waals surface area contributed by atoms with Gasteiger partial charge in [0.2, 0.25) is 11.4 Å². The molecule has 0 aliphatic heterocycles. The van der Waals surface area contributed by atoms with Crippen molar-refractivity contribution in [2.45, 2.75) is 30.3 Å². The van der Waals surface area contributed by atoms with Gasteiger partial charge in [-0.05, 0) is 6.92 Å². The molecule has 12 heteroatoms. The summed E-state index contributed by atoms with van der Waals surface area (Å²) in [5.74, 6) is -12.3. The zero-order chi connectivity index (χ0) is 17.9. The maximum Gasteiger partial charge on any atom is 0.357 e. The smallest absolute Gasteiger partial charge is 0.357 e. The first-order chi connectivity index (χ1) is 9.76. The molecule has 0 aromatic heterocycles. The van der Waals surface area contributed by atoms with Gasteiger partial charge >= 0.3 is 23.9 Å². The van der Waals surface area contributed by atoms with Gasteiger partial charge in [0.15, 0.2) is 0 Å². The number of aliphatic carboxylic acids is 3. The van der Waals surface area contributed by atoms with E-state index in [0.29, 0.717) is 6.92 Å². The highest BCUT2D eigenvalue weighted by molar-refractivity contribution is 5.96. The van der Waals surface area contributed by atoms with Crippen LogP contribution >= 0.6 is 0 Å². The van der Waals surface area contributed by atoms with Crippen LogP contribution in [0, 0.1) is 0 Å². The number of esters is 1. The van der Waals surface area contributed by atoms with Gasteiger partial charge in [-0.1, -0.05) is 0 Å². The summed E-state index contributed by atoms with van der Waals surface area (Å²) in [6.07, 6.45) is -1.82. The summed E-state index contributed by atoms with van der Waals surface area (Å²) in [5.41, 5.74) is -3.00. The Hall–Kier alpha value is -2.28. The van der Waals surface area contributed by atoms with Crippen LogP contribution in [-0.2, 0) is 23.9 Å². The molecule has 12 nitrogen and oxygen atoms in total. The van der Waals surface area contributed by atoms with Crippen molar-refractivity contribution in [3.63, 3.8) is 0 Å². The molecular weight excluding hydrogens is 310 g/mol. The Morgan fingerprint density at radius 2 is 1.45 bits per heavy atom. The van der Waals surface area contributed by atoms with Crippen LogP contribution in [0.4, 0.5) is 0 Å². The summed E-state index contributed by atoms with van der Waals surface area (Å²) in [6.45, 7) is -0.714. The molecule has 0 amide bonds. The molecule has 0 radical (unpaired) electrons. The van der Waals surface area contributed by atoms with E-state index in [4.69, 9.17) is 21.1 Å². The molecule has 0 aliphatic carbocycles. The fourth-order valence-corrected chi connectivity index (χ4v) is 1.78. The van der Waals surface area contributed by atoms with Crippen LogP contribution in [0.15, 0.2) is 0 Å². The van der Waals surface area contributed by atoms with E-state index in [-0.39, 0.29) is 0 Å². The molecule has 0 heterocycles. The van der Waals surface area contributed by atoms with Crippen LogP contribution in [0.1, 0.15) is 13.3 Å². The third kappa shape index (κ3) is 3.14. The number of nitrogens with two attached hydrogens (primary N) is 1. The van der Waals surface area contributed by atoms with Crippen molar-refractivity contribution < 1.29 is 54.6 Å². The van der Waals surface area contributed by atoms with Gasteiger partial charge in [-0.2, -0.15) is 0 Å². The van der Waals surface area contributed by atoms with E-state index in [0.717, 1.165) is 0 Å². The van der Waals surface area contributed by atoms with Crippen molar-refractivity contribution in [1.29, 1.82) is 0 Å². The van der Waals surface area contributed by atoms with E-state index in [1.54, 1.807) is 0 Å². The average Bonchev–Trinajstić information content (AvgIpc) is 2.31. The van der Waals surface area contributed by atoms with Crippen LogP contribution in [0.5, 0.6) is 0 Å². The predicted octanol–water partition coefficient (Wildman–Crippen LogP) is -3.70. The minimum atomic E-state index is -3.96. The first-order valence-corrected chi connectivity index (χ1v) is 5.54. The Labute approximate surface area is 122 Å². The number of carbonyl (C=O) groups excluding carboxylic acids is 1. The monoisotopic (exact) mass is 325 g/mol. The van der Waals surface area contributed by atoms with Crippen LogP contribution < -0.4 is 5.73 Å². The molecule has 2 atom stereocenters. The number of ether oxygens (including phenoxy) is 1. The normalized spacial score (nSPS) is 17.0. The zero-order valence-corrected chi connectivity index (χ0v) is 11.2. The minimum absolute atomic E-state index is 0.292. The van der Waals surface area contributed by atoms with E-state index in [1.807, 2.05) is 0 Å². The second-order valence-corrected chi connectivity index (χ2v) is 4.42. The van der Waals surface area contributed by atoms with Crippen molar-refractivity contribution >= 4 is 23.9 Å². The molecule has 0 spiro atoms. The lowest BCUT2D eigenvalue weighted by molar-refractivity contribution is -0.312. The van der Waals surface area contributed by atoms with Crippen molar-refractivity contribution in [3.05, 3.63) is 0 Å². The van der Waals surface area contributed by atoms with E-state index in [1.165, 1.54) is 0 Å². The number of hydrogen-bond acceptors (Lipinski definition) is 9. The lowest BCUT2D eigenvalue weighted by Crippen LogP contribution is -2.76. The Bertz CT molecular complexity index is 496. The Morgan fingerprint density at radius 1 is 1.00 bits per heavy atom. The Balaban J connectivity index is 6.57. The van der Waals surface area contributed by atoms with E-state index in [2.05, 4.69) is 4.74 Å². The first kappa shape index (κ1) is 19.7. The number of aliphatic hydroxyl groups is 3. The van der Waals surface area contributed by atoms with Gasteiger partial charge in [0, 0.05) is 0 Å². The van der Waals surface area contributed by atoms with Gasteiger partial charge in [-0.15, -0.1) is 0 Å². The lowest BCUT2D eigenvalue weighted by Gasteiger charge is -2.44. The van der Waals surface area contributed by atoms with Gasteiger partial charge in [0.1, 0.15) is 0 Å². The fourth-order valence-electron chi connectivity index (χ4n) is 1.78. The number of carboxylic acids is 3. The highest BCUT2D eigenvalue weighted by Gasteiger charge is 2.74. The Morgan fingerprint density at radius 3 is 1.68 bits per heavy atom. The SMILES string of the molecule is CC(O)(O)C(OC(=O)CN)(C(=O)O)C(O)(CC(=O)O)C(=O)O. The molecule has 2 unspecified atom stereocenters. The molecule has 8 N–H and O–H groups in total. The molecule has 0 fully saturated rings. The van der Waals surface area contributed by atoms with Crippen molar-refractivity contribution in [3.8, 4) is 0 Å². The molecule has 0 aromatic carbocycles. The fraction of sp³-hybridized carbons (Fsp3) is 0.600. The van der Waals surface area contributed by atoms with Crippen molar-refractivity contribution in [2.24, 2.45) is 5.73 Å². The summed E-state index contributed by atoms with van der Waals surface area (Å²) in [5, 5.41) is 56.0. The topological polar surface area (TPSA) is 225 Å². The summed E-state index contributed by atoms with van der Waals surface area (Å²) >= 11 is 0. The average molecular weight is 325 g/mol. The number of rotatable bonds is 8. The third-order valence-corrected chi connectivity index (χ3v) is 2.75. The second kappa shape index (κ2) is 6.23. The highest BCUT2D eigenvalue weighted by Crippen LogP contribution is 2.39. The summed E-state index contributed by atoms with van der Waals surface area (Å²) in [4.78, 5) is 44.6. The van der Waals surface area contributed by atoms with E-state index in [9.17, 15) is 34.5 Å². The predicted molar refractivity (Wildman–Crippen MR) is 63.2 cm³/mol. The van der Waals surface area contributed by atoms with Gasteiger partial charge in [-0.25, -0.2) is 9.59 Å². The van der Waals surface area contributed by atoms with Crippen LogP contribution in [-0.4, -0.2) is 78.1 Å². The third-order valence-electron chi connectivity index (χ3n) is 2.75. The molecule has 22 heavy (non-hydrogen) atoms. The first-order valence-electron chi connectivity index (χ1n) is 5.54. The zero-order valence-electron chi connectivity index (χ0n) is 11.2. The minimum Gasteiger partial charge on any atom is -0.481 e. The van der Waals surface area contributed by atoms with Gasteiger partial charge in [0.25, 0.3) is 5.60 Å². The molecule has 0 aromatic rings. The maximum atomic E-state index is 11.4. The van der Waals surface area contributed by atoms with Crippen molar-refractivity contribution in [1.82, 2.24) is 0 Å². The molecule has 0 rings (SSSR count). The molecule has 0 bridgehead atoms. The van der Waals surface area contributed by atoms with Crippen LogP contribution in [0.3, 0.4) is 0 Å². The number of carbonyl (C=O) groups is 4. The quantitative estimate of drug-likeness (QED) is 0.169. The van der Waals surface area contributed by atoms with Crippen molar-refractivity contribution in [2.75, 3.05) is 6.54 Å².